The Morgan fingerprint density at radius 3 is 1.53 bits per heavy atom. The van der Waals surface area contributed by atoms with Gasteiger partial charge < -0.3 is 9.05 Å². The molecular weight excluding hydrogens is 207 g/mol. The van der Waals surface area contributed by atoms with E-state index in [4.69, 9.17) is 9.05 Å². The zero-order valence-electron chi connectivity index (χ0n) is 10.9. The maximum absolute atomic E-state index is 6.03. The Kier molecular flexibility index (Phi) is 5.02. The van der Waals surface area contributed by atoms with E-state index >= 15 is 0 Å². The minimum Gasteiger partial charge on any atom is -0.330 e. The van der Waals surface area contributed by atoms with Gasteiger partial charge in [-0.25, -0.2) is 0 Å². The van der Waals surface area contributed by atoms with E-state index in [0.717, 1.165) is 6.42 Å². The van der Waals surface area contributed by atoms with E-state index in [2.05, 4.69) is 41.5 Å². The van der Waals surface area contributed by atoms with Crippen LogP contribution in [0.5, 0.6) is 0 Å². The third-order valence-electron chi connectivity index (χ3n) is 2.85. The van der Waals surface area contributed by atoms with Crippen molar-refractivity contribution >= 4 is 8.38 Å². The van der Waals surface area contributed by atoms with Crippen LogP contribution < -0.4 is 0 Å². The molecule has 0 bridgehead atoms. The average Bonchev–Trinajstić information content (AvgIpc) is 2.16. The fraction of sp³-hybridized carbons (Fsp3) is 1.00. The van der Waals surface area contributed by atoms with Gasteiger partial charge in [-0.2, -0.15) is 0 Å². The van der Waals surface area contributed by atoms with Crippen LogP contribution in [-0.4, -0.2) is 17.9 Å². The average molecular weight is 232 g/mol. The van der Waals surface area contributed by atoms with Crippen LogP contribution in [0.15, 0.2) is 0 Å². The third kappa shape index (κ3) is 3.69. The molecule has 0 N–H and O–H groups in total. The molecule has 1 aliphatic rings. The summed E-state index contributed by atoms with van der Waals surface area (Å²) >= 11 is 0. The molecule has 15 heavy (non-hydrogen) atoms. The molecule has 0 aliphatic carbocycles. The molecule has 0 aromatic rings. The minimum atomic E-state index is -0.674. The zero-order valence-corrected chi connectivity index (χ0v) is 11.8. The first-order valence-electron chi connectivity index (χ1n) is 6.04. The monoisotopic (exact) mass is 232 g/mol. The first-order chi connectivity index (χ1) is 6.91. The van der Waals surface area contributed by atoms with Crippen molar-refractivity contribution in [1.82, 2.24) is 0 Å². The van der Waals surface area contributed by atoms with Crippen molar-refractivity contribution in [2.45, 2.75) is 65.8 Å². The van der Waals surface area contributed by atoms with E-state index in [1.165, 1.54) is 0 Å². The molecule has 0 amide bonds. The van der Waals surface area contributed by atoms with Gasteiger partial charge in [0.05, 0.1) is 12.2 Å². The topological polar surface area (TPSA) is 18.5 Å². The number of hydrogen-bond acceptors (Lipinski definition) is 2. The summed E-state index contributed by atoms with van der Waals surface area (Å²) in [6.45, 7) is 13.3. The summed E-state index contributed by atoms with van der Waals surface area (Å²) < 4.78 is 12.1. The van der Waals surface area contributed by atoms with Gasteiger partial charge in [0.1, 0.15) is 0 Å². The van der Waals surface area contributed by atoms with E-state index in [1.54, 1.807) is 0 Å². The molecule has 2 unspecified atom stereocenters. The molecule has 90 valence electrons. The molecule has 0 saturated carbocycles. The van der Waals surface area contributed by atoms with Crippen molar-refractivity contribution in [2.75, 3.05) is 0 Å². The summed E-state index contributed by atoms with van der Waals surface area (Å²) in [7, 11) is -0.674. The molecule has 3 heteroatoms. The summed E-state index contributed by atoms with van der Waals surface area (Å²) in [4.78, 5) is 0. The molecule has 1 fully saturated rings. The van der Waals surface area contributed by atoms with Crippen molar-refractivity contribution < 1.29 is 9.05 Å². The smallest absolute Gasteiger partial charge is 0.173 e. The highest BCUT2D eigenvalue weighted by Gasteiger charge is 2.35. The molecule has 0 aromatic carbocycles. The summed E-state index contributed by atoms with van der Waals surface area (Å²) in [6, 6.07) is 0. The Labute approximate surface area is 95.6 Å². The second-order valence-electron chi connectivity index (χ2n) is 5.39. The molecule has 0 spiro atoms. The highest BCUT2D eigenvalue weighted by Crippen LogP contribution is 2.52. The van der Waals surface area contributed by atoms with Crippen LogP contribution in [0.4, 0.5) is 0 Å². The summed E-state index contributed by atoms with van der Waals surface area (Å²) in [5.74, 6) is 1.19. The lowest BCUT2D eigenvalue weighted by molar-refractivity contribution is 0.00830. The third-order valence-corrected chi connectivity index (χ3v) is 4.65. The van der Waals surface area contributed by atoms with Crippen LogP contribution in [0.3, 0.4) is 0 Å². The first kappa shape index (κ1) is 13.4. The normalized spacial score (nSPS) is 33.0. The minimum absolute atomic E-state index is 0.389. The van der Waals surface area contributed by atoms with E-state index in [0.29, 0.717) is 29.7 Å². The number of rotatable bonds is 3. The Balaban J connectivity index is 2.64. The van der Waals surface area contributed by atoms with Gasteiger partial charge in [0.2, 0.25) is 0 Å². The van der Waals surface area contributed by atoms with Crippen molar-refractivity contribution in [3.05, 3.63) is 0 Å². The SMILES string of the molecule is CC(C)C1CC(C(C)C)OP(C(C)C)O1. The fourth-order valence-corrected chi connectivity index (χ4v) is 3.37. The highest BCUT2D eigenvalue weighted by atomic mass is 31.2. The molecule has 0 aromatic heterocycles. The molecule has 2 atom stereocenters. The van der Waals surface area contributed by atoms with Crippen LogP contribution in [0.1, 0.15) is 48.0 Å². The number of hydrogen-bond donors (Lipinski definition) is 0. The van der Waals surface area contributed by atoms with E-state index in [9.17, 15) is 0 Å². The predicted octanol–water partition coefficient (Wildman–Crippen LogP) is 4.19. The molecule has 1 saturated heterocycles. The molecule has 2 nitrogen and oxygen atoms in total. The van der Waals surface area contributed by atoms with Gasteiger partial charge in [-0.05, 0) is 11.8 Å². The molecule has 1 rings (SSSR count). The lowest BCUT2D eigenvalue weighted by Crippen LogP contribution is -2.34. The van der Waals surface area contributed by atoms with Crippen LogP contribution in [0.25, 0.3) is 0 Å². The van der Waals surface area contributed by atoms with Crippen molar-refractivity contribution in [3.63, 3.8) is 0 Å². The van der Waals surface area contributed by atoms with E-state index in [-0.39, 0.29) is 0 Å². The van der Waals surface area contributed by atoms with Gasteiger partial charge >= 0.3 is 0 Å². The van der Waals surface area contributed by atoms with Gasteiger partial charge in [-0.15, -0.1) is 0 Å². The van der Waals surface area contributed by atoms with Gasteiger partial charge in [-0.1, -0.05) is 41.5 Å². The van der Waals surface area contributed by atoms with Gasteiger partial charge in [-0.3, -0.25) is 0 Å². The zero-order chi connectivity index (χ0) is 11.6. The second-order valence-corrected chi connectivity index (χ2v) is 7.42. The van der Waals surface area contributed by atoms with Gasteiger partial charge in [0.15, 0.2) is 8.38 Å². The largest absolute Gasteiger partial charge is 0.330 e. The quantitative estimate of drug-likeness (QED) is 0.679. The van der Waals surface area contributed by atoms with Crippen molar-refractivity contribution in [3.8, 4) is 0 Å². The second kappa shape index (κ2) is 5.61. The standard InChI is InChI=1S/C12H25O2P/c1-8(2)11-7-12(9(3)4)14-15(13-11)10(5)6/h8-12H,7H2,1-6H3. The summed E-state index contributed by atoms with van der Waals surface area (Å²) in [6.07, 6.45) is 1.83. The van der Waals surface area contributed by atoms with Crippen LogP contribution in [0.2, 0.25) is 0 Å². The molecule has 0 radical (unpaired) electrons. The maximum atomic E-state index is 6.03. The first-order valence-corrected chi connectivity index (χ1v) is 7.29. The van der Waals surface area contributed by atoms with Crippen molar-refractivity contribution in [2.24, 2.45) is 11.8 Å². The summed E-state index contributed by atoms with van der Waals surface area (Å²) in [5.41, 5.74) is 0.503. The molecule has 1 heterocycles. The van der Waals surface area contributed by atoms with Crippen molar-refractivity contribution in [1.29, 1.82) is 0 Å². The lowest BCUT2D eigenvalue weighted by atomic mass is 9.95. The predicted molar refractivity (Wildman–Crippen MR) is 66.1 cm³/mol. The Hall–Kier alpha value is 0.350. The molecular formula is C12H25O2P. The Bertz CT molecular complexity index is 153. The van der Waals surface area contributed by atoms with Crippen LogP contribution in [0, 0.1) is 11.8 Å². The van der Waals surface area contributed by atoms with Crippen LogP contribution >= 0.6 is 8.38 Å². The Morgan fingerprint density at radius 1 is 0.867 bits per heavy atom. The summed E-state index contributed by atoms with van der Waals surface area (Å²) in [5, 5.41) is 0. The highest BCUT2D eigenvalue weighted by molar-refractivity contribution is 7.48. The van der Waals surface area contributed by atoms with E-state index < -0.39 is 8.38 Å². The van der Waals surface area contributed by atoms with Gasteiger partial charge in [0.25, 0.3) is 0 Å². The molecule has 1 aliphatic heterocycles. The Morgan fingerprint density at radius 2 is 1.27 bits per heavy atom. The lowest BCUT2D eigenvalue weighted by Gasteiger charge is -2.39. The van der Waals surface area contributed by atoms with Crippen LogP contribution in [-0.2, 0) is 9.05 Å². The maximum Gasteiger partial charge on any atom is 0.173 e. The fourth-order valence-electron chi connectivity index (χ4n) is 1.64. The van der Waals surface area contributed by atoms with E-state index in [1.807, 2.05) is 0 Å². The van der Waals surface area contributed by atoms with Gasteiger partial charge in [0, 0.05) is 12.1 Å².